The summed E-state index contributed by atoms with van der Waals surface area (Å²) in [5, 5.41) is 6.48. The van der Waals surface area contributed by atoms with E-state index in [1.54, 1.807) is 45.3 Å². The second kappa shape index (κ2) is 61.3. The van der Waals surface area contributed by atoms with E-state index < -0.39 is 71.1 Å². The van der Waals surface area contributed by atoms with Gasteiger partial charge in [-0.1, -0.05) is 388 Å². The van der Waals surface area contributed by atoms with Crippen molar-refractivity contribution in [2.75, 3.05) is 0 Å². The Hall–Kier alpha value is -4.15. The van der Waals surface area contributed by atoms with Crippen molar-refractivity contribution < 1.29 is 50.4 Å². The zero-order valence-corrected chi connectivity index (χ0v) is 102. The number of thiophene rings is 6. The molecule has 5 aliphatic rings. The zero-order chi connectivity index (χ0) is 106. The minimum absolute atomic E-state index is 0.0924. The minimum atomic E-state index is -1.10. The Bertz CT molecular complexity index is 5230. The topological polar surface area (TPSA) is 116 Å². The first kappa shape index (κ1) is 122. The maximum atomic E-state index is 17.8. The highest BCUT2D eigenvalue weighted by molar-refractivity contribution is 9.11. The number of unbranched alkanes of at least 4 members (excludes halogenated alkanes) is 54. The molecule has 5 aliphatic heterocycles. The van der Waals surface area contributed by atoms with Gasteiger partial charge in [0.2, 0.25) is 0 Å². The summed E-state index contributed by atoms with van der Waals surface area (Å²) in [5.41, 5.74) is 1.32. The van der Waals surface area contributed by atoms with Crippen LogP contribution in [0.5, 0.6) is 17.2 Å². The van der Waals surface area contributed by atoms with E-state index in [0.717, 1.165) is 136 Å². The first-order valence-corrected chi connectivity index (χ1v) is 67.0. The van der Waals surface area contributed by atoms with Crippen LogP contribution in [0.3, 0.4) is 0 Å². The first-order valence-electron chi connectivity index (χ1n) is 59.6. The van der Waals surface area contributed by atoms with E-state index in [1.165, 1.54) is 379 Å². The number of hydrogen-bond donors (Lipinski definition) is 0. The molecule has 0 spiro atoms. The summed E-state index contributed by atoms with van der Waals surface area (Å²) in [6.07, 6.45) is 85.0. The summed E-state index contributed by atoms with van der Waals surface area (Å²) in [6.45, 7) is 28.5. The van der Waals surface area contributed by atoms with Crippen molar-refractivity contribution in [1.29, 1.82) is 0 Å². The second-order valence-electron chi connectivity index (χ2n) is 46.2. The number of nitrogens with zero attached hydrogens (tertiary/aromatic N) is 4. The van der Waals surface area contributed by atoms with Crippen LogP contribution in [0.25, 0.3) is 72.2 Å². The lowest BCUT2D eigenvalue weighted by atomic mass is 9.71. The fraction of sp³-hybridized carbons (Fsp3) is 0.707. The van der Waals surface area contributed by atoms with Gasteiger partial charge in [-0.05, 0) is 201 Å². The average Bonchev–Trinajstić information content (AvgIpc) is 1.52. The van der Waals surface area contributed by atoms with Gasteiger partial charge in [-0.2, -0.15) is 17.5 Å². The van der Waals surface area contributed by atoms with Crippen LogP contribution in [0.4, 0.5) is 17.6 Å². The fourth-order valence-electron chi connectivity index (χ4n) is 22.9. The maximum absolute atomic E-state index is 17.8. The van der Waals surface area contributed by atoms with Crippen LogP contribution in [-0.4, -0.2) is 54.1 Å². The Morgan fingerprint density at radius 2 is 0.470 bits per heavy atom. The predicted molar refractivity (Wildman–Crippen MR) is 640 cm³/mol. The molecule has 2 saturated heterocycles. The monoisotopic (exact) mass is 2260 g/mol. The molecule has 8 aromatic heterocycles. The third-order valence-electron chi connectivity index (χ3n) is 33.4. The molecule has 0 amide bonds. The summed E-state index contributed by atoms with van der Waals surface area (Å²) >= 11 is 16.1. The molecule has 0 N–H and O–H groups in total. The SMILES string of the molecule is CC1(C)OB(c2c(F)c(F)c(B3OC(C)(C)C(C)(C)O3)c3nsnc23)OC1(C)C.CCCCCCCCCCCCC1(CCCCCCCCCCCC)Oc2ccsc2-c2sc(-c3c(F)c(F)c(-c4cc5c(s4)-c4sccc4OC5(CCCCCCCCCCCC)CCCCCCCCCCCC)c4nsnc34)cc21.CCCCCCCCCCCCC1(CCCCCCCCCCCC)Oc2ccsc2-c2sc(Br)cc21. The van der Waals surface area contributed by atoms with Crippen LogP contribution in [0, 0.1) is 23.3 Å². The molecule has 26 heteroatoms. The molecule has 15 rings (SSSR count). The predicted octanol–water partition coefficient (Wildman–Crippen LogP) is 43.3. The summed E-state index contributed by atoms with van der Waals surface area (Å²) < 4.78 is 131. The van der Waals surface area contributed by atoms with Crippen LogP contribution in [0.2, 0.25) is 0 Å². The molecule has 0 atom stereocenters. The Kier molecular flexibility index (Phi) is 50.1. The second-order valence-corrected chi connectivity index (χ2v) is 54.5. The normalized spacial score (nSPS) is 16.0. The smallest absolute Gasteiger partial charge is 0.481 e. The molecule has 2 aromatic carbocycles. The third-order valence-corrected chi connectivity index (χ3v) is 41.6. The fourth-order valence-corrected chi connectivity index (χ4v) is 31.3. The van der Waals surface area contributed by atoms with Gasteiger partial charge in [0.1, 0.15) is 56.1 Å². The highest BCUT2D eigenvalue weighted by Crippen LogP contribution is 2.62. The van der Waals surface area contributed by atoms with E-state index in [2.05, 4.69) is 119 Å². The van der Waals surface area contributed by atoms with Crippen LogP contribution in [0.15, 0.2) is 56.3 Å². The largest absolute Gasteiger partial charge is 0.500 e. The number of rotatable bonds is 70. The zero-order valence-electron chi connectivity index (χ0n) is 93.8. The Morgan fingerprint density at radius 1 is 0.262 bits per heavy atom. The number of aromatic nitrogens is 4. The Morgan fingerprint density at radius 3 is 0.705 bits per heavy atom. The van der Waals surface area contributed by atoms with Gasteiger partial charge < -0.3 is 32.8 Å². The quantitative estimate of drug-likeness (QED) is 0.0206. The molecule has 11 nitrogen and oxygen atoms in total. The lowest BCUT2D eigenvalue weighted by molar-refractivity contribution is 0.00578. The molecule has 149 heavy (non-hydrogen) atoms. The highest BCUT2D eigenvalue weighted by Gasteiger charge is 2.58. The molecule has 826 valence electrons. The van der Waals surface area contributed by atoms with Gasteiger partial charge in [-0.15, -0.1) is 68.0 Å². The Labute approximate surface area is 938 Å². The van der Waals surface area contributed by atoms with E-state index in [9.17, 15) is 0 Å². The standard InChI is InChI=1S/C72H106F2N2O2S5.C33H53BrOS2.C18H24B2F2N2O4S/c1-5-9-13-17-21-25-29-33-37-41-47-71(48-42-38-34-30-26-22-18-14-10-6-2)55-53-59(81-67(55)69-57(77-71)45-51-79-69)61-63(73)64(74)62(66-65(61)75-83-76-66)60-54-56-68(82-60)70-58(46-52-80-70)78-72(56,49-43-39-35-31-27-23-19-15-11-7-3)50-44-40-36-32-28-24-20-16-12-8-4;1-3-5-7-9-11-13-15-17-19-21-24-33(25-22-20-18-16-14-12-10-8-6-4-2)28-27-30(34)37-31(28)32-29(35-33)23-26-36-32;1-15(2)16(3,4)26-19(25-15)9-11(21)12(22)10(14-13(9)23-29-24-14)20-27-17(5,6)18(7,8)28-20/h45-46,51-54H,5-44,47-50H2,1-4H3;23,26-27H,3-22,24-25H2,1-2H3;1-8H3. The van der Waals surface area contributed by atoms with Gasteiger partial charge >= 0.3 is 14.2 Å². The maximum Gasteiger partial charge on any atom is 0.500 e. The summed E-state index contributed by atoms with van der Waals surface area (Å²) in [6, 6.07) is 13.2. The lowest BCUT2D eigenvalue weighted by Crippen LogP contribution is -2.44. The van der Waals surface area contributed by atoms with Crippen molar-refractivity contribution in [3.63, 3.8) is 0 Å². The summed E-state index contributed by atoms with van der Waals surface area (Å²) in [7, 11) is -2.21. The van der Waals surface area contributed by atoms with Crippen molar-refractivity contribution in [2.45, 2.75) is 560 Å². The van der Waals surface area contributed by atoms with Crippen molar-refractivity contribution in [1.82, 2.24) is 17.5 Å². The van der Waals surface area contributed by atoms with Gasteiger partial charge in [-0.3, -0.25) is 0 Å². The minimum Gasteiger partial charge on any atom is -0.481 e. The highest BCUT2D eigenvalue weighted by atomic mass is 79.9. The van der Waals surface area contributed by atoms with E-state index in [-0.39, 0.29) is 38.7 Å². The molecular formula is C123H183B2BrF4N4O7S8. The van der Waals surface area contributed by atoms with Crippen molar-refractivity contribution in [3.05, 3.63) is 96.3 Å². The van der Waals surface area contributed by atoms with Crippen molar-refractivity contribution in [3.8, 4) is 67.4 Å². The number of halogens is 5. The van der Waals surface area contributed by atoms with Gasteiger partial charge in [0.15, 0.2) is 23.3 Å². The number of benzene rings is 2. The first-order chi connectivity index (χ1) is 72.3. The molecule has 10 aromatic rings. The van der Waals surface area contributed by atoms with Crippen LogP contribution in [-0.2, 0) is 35.4 Å². The molecule has 13 heterocycles. The van der Waals surface area contributed by atoms with Crippen LogP contribution in [0.1, 0.15) is 537 Å². The van der Waals surface area contributed by atoms with Crippen molar-refractivity contribution >= 4 is 155 Å². The van der Waals surface area contributed by atoms with Gasteiger partial charge in [0.25, 0.3) is 0 Å². The number of ether oxygens (including phenoxy) is 3. The number of hydrogen-bond acceptors (Lipinski definition) is 19. The molecule has 0 bridgehead atoms. The molecule has 2 fully saturated rings. The number of fused-ring (bicyclic) bond motifs is 11. The van der Waals surface area contributed by atoms with E-state index in [4.69, 9.17) is 41.6 Å². The van der Waals surface area contributed by atoms with E-state index in [1.807, 2.05) is 78.1 Å². The van der Waals surface area contributed by atoms with Crippen LogP contribution >= 0.6 is 107 Å². The van der Waals surface area contributed by atoms with Gasteiger partial charge in [0, 0.05) is 26.4 Å². The average molecular weight is 2260 g/mol. The van der Waals surface area contributed by atoms with E-state index >= 15 is 17.6 Å². The molecular weight excluding hydrogens is 2080 g/mol. The molecule has 0 radical (unpaired) electrons. The molecule has 0 saturated carbocycles. The molecule has 0 aliphatic carbocycles. The summed E-state index contributed by atoms with van der Waals surface area (Å²) in [5.74, 6) is -0.832. The van der Waals surface area contributed by atoms with Gasteiger partial charge in [0.05, 0.1) is 101 Å². The molecule has 0 unspecified atom stereocenters. The third kappa shape index (κ3) is 32.4. The lowest BCUT2D eigenvalue weighted by Gasteiger charge is -2.38. The van der Waals surface area contributed by atoms with Gasteiger partial charge in [-0.25, -0.2) is 17.6 Å². The summed E-state index contributed by atoms with van der Waals surface area (Å²) in [4.78, 5) is 8.72. The van der Waals surface area contributed by atoms with Crippen LogP contribution < -0.4 is 25.1 Å². The Balaban J connectivity index is 0.000000228. The van der Waals surface area contributed by atoms with Crippen molar-refractivity contribution in [2.24, 2.45) is 0 Å². The van der Waals surface area contributed by atoms with E-state index in [0.29, 0.717) is 20.8 Å².